The molecular weight excluding hydrogens is 194 g/mol. The Labute approximate surface area is 76.7 Å². The normalized spacial score (nSPS) is 10.5. The van der Waals surface area contributed by atoms with Crippen molar-refractivity contribution in [2.24, 2.45) is 0 Å². The monoisotopic (exact) mass is 204 g/mol. The summed E-state index contributed by atoms with van der Waals surface area (Å²) in [7, 11) is -2.09. The quantitative estimate of drug-likeness (QED) is 0.737. The lowest BCUT2D eigenvalue weighted by Gasteiger charge is -2.06. The predicted molar refractivity (Wildman–Crippen MR) is 48.0 cm³/mol. The van der Waals surface area contributed by atoms with Crippen LogP contribution < -0.4 is 4.74 Å². The van der Waals surface area contributed by atoms with E-state index in [9.17, 15) is 4.39 Å². The largest absolute Gasteiger partial charge is 0.484 e. The Balaban J connectivity index is 2.63. The van der Waals surface area contributed by atoms with E-state index in [1.807, 2.05) is 0 Å². The van der Waals surface area contributed by atoms with Crippen LogP contribution in [-0.4, -0.2) is 16.1 Å². The van der Waals surface area contributed by atoms with Gasteiger partial charge < -0.3 is 14.5 Å². The maximum Gasteiger partial charge on any atom is 0.205 e. The molecule has 0 heterocycles. The van der Waals surface area contributed by atoms with Gasteiger partial charge in [-0.15, -0.1) is 0 Å². The average molecular weight is 204 g/mol. The van der Waals surface area contributed by atoms with Crippen molar-refractivity contribution in [2.75, 3.05) is 6.35 Å². The molecule has 0 radical (unpaired) electrons. The highest BCUT2D eigenvalue weighted by molar-refractivity contribution is 7.44. The Morgan fingerprint density at radius 2 is 2.15 bits per heavy atom. The first-order chi connectivity index (χ1) is 6.09. The molecule has 0 unspecified atom stereocenters. The molecule has 0 saturated carbocycles. The molecule has 0 amide bonds. The van der Waals surface area contributed by atoms with Crippen molar-refractivity contribution in [3.8, 4) is 5.75 Å². The summed E-state index contributed by atoms with van der Waals surface area (Å²) in [6, 6.07) is 4.37. The van der Waals surface area contributed by atoms with E-state index in [2.05, 4.69) is 0 Å². The zero-order chi connectivity index (χ0) is 9.84. The summed E-state index contributed by atoms with van der Waals surface area (Å²) >= 11 is 0. The van der Waals surface area contributed by atoms with Gasteiger partial charge in [-0.3, -0.25) is 0 Å². The van der Waals surface area contributed by atoms with E-state index >= 15 is 0 Å². The van der Waals surface area contributed by atoms with E-state index in [0.717, 1.165) is 0 Å². The molecule has 0 aliphatic carbocycles. The van der Waals surface area contributed by atoms with Crippen molar-refractivity contribution < 1.29 is 18.9 Å². The second-order valence-corrected chi connectivity index (χ2v) is 3.56. The predicted octanol–water partition coefficient (Wildman–Crippen LogP) is 1.77. The third kappa shape index (κ3) is 3.27. The lowest BCUT2D eigenvalue weighted by Crippen LogP contribution is -1.95. The summed E-state index contributed by atoms with van der Waals surface area (Å²) in [4.78, 5) is 17.1. The molecule has 13 heavy (non-hydrogen) atoms. The van der Waals surface area contributed by atoms with Crippen molar-refractivity contribution in [3.05, 3.63) is 29.6 Å². The van der Waals surface area contributed by atoms with Crippen LogP contribution in [0.5, 0.6) is 5.75 Å². The first kappa shape index (κ1) is 10.4. The van der Waals surface area contributed by atoms with E-state index in [1.165, 1.54) is 6.07 Å². The summed E-state index contributed by atoms with van der Waals surface area (Å²) in [6.45, 7) is 1.64. The molecule has 0 spiro atoms. The first-order valence-electron chi connectivity index (χ1n) is 3.64. The van der Waals surface area contributed by atoms with Gasteiger partial charge in [0.15, 0.2) is 6.35 Å². The van der Waals surface area contributed by atoms with Crippen LogP contribution in [0, 0.1) is 12.7 Å². The van der Waals surface area contributed by atoms with Gasteiger partial charge in [0, 0.05) is 6.07 Å². The fraction of sp³-hybridized carbons (Fsp3) is 0.250. The second kappa shape index (κ2) is 4.51. The van der Waals surface area contributed by atoms with E-state index in [0.29, 0.717) is 11.3 Å². The second-order valence-electron chi connectivity index (χ2n) is 2.56. The molecule has 1 aromatic carbocycles. The zero-order valence-corrected chi connectivity index (χ0v) is 7.96. The maximum atomic E-state index is 12.9. The summed E-state index contributed by atoms with van der Waals surface area (Å²) in [5.74, 6) is -0.0589. The van der Waals surface area contributed by atoms with Gasteiger partial charge in [0.05, 0.1) is 0 Å². The highest BCUT2D eigenvalue weighted by Crippen LogP contribution is 2.25. The lowest BCUT2D eigenvalue weighted by atomic mass is 10.2. The van der Waals surface area contributed by atoms with Gasteiger partial charge in [0.25, 0.3) is 0 Å². The lowest BCUT2D eigenvalue weighted by molar-refractivity contribution is 0.346. The molecule has 0 fully saturated rings. The maximum absolute atomic E-state index is 12.9. The molecule has 0 aliphatic heterocycles. The molecule has 2 N–H and O–H groups in total. The zero-order valence-electron chi connectivity index (χ0n) is 7.07. The van der Waals surface area contributed by atoms with Crippen molar-refractivity contribution >= 4 is 8.38 Å². The van der Waals surface area contributed by atoms with Gasteiger partial charge in [-0.05, 0) is 18.6 Å². The smallest absolute Gasteiger partial charge is 0.205 e. The number of benzene rings is 1. The molecule has 0 atom stereocenters. The topological polar surface area (TPSA) is 49.7 Å². The van der Waals surface area contributed by atoms with Gasteiger partial charge in [-0.1, -0.05) is 6.07 Å². The number of rotatable bonds is 3. The highest BCUT2D eigenvalue weighted by Gasteiger charge is 2.02. The average Bonchev–Trinajstić information content (AvgIpc) is 2.07. The van der Waals surface area contributed by atoms with Gasteiger partial charge in [0.1, 0.15) is 11.6 Å². The van der Waals surface area contributed by atoms with Crippen molar-refractivity contribution in [1.29, 1.82) is 0 Å². The molecule has 0 aliphatic rings. The molecule has 72 valence electrons. The SMILES string of the molecule is Cc1ccc(OCP(O)O)cc1F. The van der Waals surface area contributed by atoms with Crippen LogP contribution in [0.1, 0.15) is 5.56 Å². The van der Waals surface area contributed by atoms with Crippen LogP contribution in [0.2, 0.25) is 0 Å². The number of aryl methyl sites for hydroxylation is 1. The Morgan fingerprint density at radius 1 is 1.46 bits per heavy atom. The number of halogens is 1. The van der Waals surface area contributed by atoms with Gasteiger partial charge in [-0.2, -0.15) is 0 Å². The van der Waals surface area contributed by atoms with Gasteiger partial charge in [-0.25, -0.2) is 4.39 Å². The molecule has 1 rings (SSSR count). The Hall–Kier alpha value is -0.700. The summed E-state index contributed by atoms with van der Waals surface area (Å²) in [5.41, 5.74) is 0.530. The van der Waals surface area contributed by atoms with Crippen molar-refractivity contribution in [2.45, 2.75) is 6.92 Å². The molecule has 0 bridgehead atoms. The third-order valence-corrected chi connectivity index (χ3v) is 1.85. The van der Waals surface area contributed by atoms with Crippen LogP contribution in [-0.2, 0) is 0 Å². The van der Waals surface area contributed by atoms with Crippen LogP contribution >= 0.6 is 8.38 Å². The van der Waals surface area contributed by atoms with Gasteiger partial charge >= 0.3 is 0 Å². The molecule has 0 aromatic heterocycles. The fourth-order valence-corrected chi connectivity index (χ4v) is 1.06. The van der Waals surface area contributed by atoms with Crippen molar-refractivity contribution in [1.82, 2.24) is 0 Å². The van der Waals surface area contributed by atoms with E-state index in [1.54, 1.807) is 19.1 Å². The molecule has 0 saturated heterocycles. The Kier molecular flexibility index (Phi) is 3.60. The summed E-state index contributed by atoms with van der Waals surface area (Å²) in [5, 5.41) is 0. The van der Waals surface area contributed by atoms with Crippen LogP contribution in [0.4, 0.5) is 4.39 Å². The minimum Gasteiger partial charge on any atom is -0.484 e. The minimum absolute atomic E-state index is 0.197. The first-order valence-corrected chi connectivity index (χ1v) is 5.07. The number of hydrogen-bond donors (Lipinski definition) is 2. The highest BCUT2D eigenvalue weighted by atomic mass is 31.2. The number of ether oxygens (including phenoxy) is 1. The standard InChI is InChI=1S/C8H10FO3P/c1-6-2-3-7(4-8(6)9)12-5-13(10)11/h2-4,10-11H,5H2,1H3. The minimum atomic E-state index is -2.09. The van der Waals surface area contributed by atoms with Crippen LogP contribution in [0.3, 0.4) is 0 Å². The molecular formula is C8H10FO3P. The van der Waals surface area contributed by atoms with Crippen LogP contribution in [0.15, 0.2) is 18.2 Å². The van der Waals surface area contributed by atoms with E-state index in [-0.39, 0.29) is 12.2 Å². The van der Waals surface area contributed by atoms with E-state index < -0.39 is 8.38 Å². The Morgan fingerprint density at radius 3 is 2.69 bits per heavy atom. The molecule has 1 aromatic rings. The Bertz CT molecular complexity index is 291. The molecule has 3 nitrogen and oxygen atoms in total. The van der Waals surface area contributed by atoms with Crippen LogP contribution in [0.25, 0.3) is 0 Å². The van der Waals surface area contributed by atoms with Crippen molar-refractivity contribution in [3.63, 3.8) is 0 Å². The number of hydrogen-bond acceptors (Lipinski definition) is 3. The third-order valence-electron chi connectivity index (χ3n) is 1.49. The summed E-state index contributed by atoms with van der Waals surface area (Å²) in [6.07, 6.45) is -0.197. The van der Waals surface area contributed by atoms with Gasteiger partial charge in [0.2, 0.25) is 8.38 Å². The summed E-state index contributed by atoms with van der Waals surface area (Å²) < 4.78 is 17.8. The molecule has 5 heteroatoms. The van der Waals surface area contributed by atoms with E-state index in [4.69, 9.17) is 14.5 Å². The fourth-order valence-electron chi connectivity index (χ4n) is 0.796.